The number of carbonyl (C=O) groups is 1. The fourth-order valence-electron chi connectivity index (χ4n) is 2.86. The molecule has 0 aliphatic carbocycles. The number of aliphatic carboxylic acids is 1. The first-order valence-electron chi connectivity index (χ1n) is 6.95. The lowest BCUT2D eigenvalue weighted by atomic mass is 9.98. The number of carboxylic acids is 1. The summed E-state index contributed by atoms with van der Waals surface area (Å²) in [4.78, 5) is 15.6. The van der Waals surface area contributed by atoms with Crippen LogP contribution >= 0.6 is 11.8 Å². The average Bonchev–Trinajstić information content (AvgIpc) is 2.80. The van der Waals surface area contributed by atoms with Crippen LogP contribution in [0.15, 0.2) is 0 Å². The van der Waals surface area contributed by atoms with Crippen LogP contribution in [0.3, 0.4) is 0 Å². The minimum Gasteiger partial charge on any atom is -0.481 e. The predicted molar refractivity (Wildman–Crippen MR) is 73.2 cm³/mol. The molecule has 0 saturated carbocycles. The van der Waals surface area contributed by atoms with Gasteiger partial charge in [-0.1, -0.05) is 0 Å². The van der Waals surface area contributed by atoms with E-state index in [2.05, 4.69) is 10.1 Å². The Morgan fingerprint density at radius 3 is 2.89 bits per heavy atom. The molecule has 2 aliphatic rings. The molecule has 1 saturated heterocycles. The number of rotatable bonds is 3. The third-order valence-corrected chi connectivity index (χ3v) is 5.12. The van der Waals surface area contributed by atoms with Crippen LogP contribution in [-0.4, -0.2) is 37.3 Å². The Morgan fingerprint density at radius 2 is 2.16 bits per heavy atom. The highest BCUT2D eigenvalue weighted by Crippen LogP contribution is 2.26. The third kappa shape index (κ3) is 2.94. The first-order chi connectivity index (χ1) is 9.22. The maximum atomic E-state index is 11.0. The molecule has 0 bridgehead atoms. The van der Waals surface area contributed by atoms with Crippen molar-refractivity contribution in [1.82, 2.24) is 14.8 Å². The monoisotopic (exact) mass is 281 g/mol. The molecule has 6 heteroatoms. The number of hydrogen-bond acceptors (Lipinski definition) is 4. The summed E-state index contributed by atoms with van der Waals surface area (Å²) in [6.45, 7) is 0.694. The standard InChI is InChI=1S/C13H19N3O2S/c17-13(18)10-1-4-16-12(8-10)14-11(15-16)7-9-2-5-19-6-3-9/h9-10H,1-8H2,(H,17,18). The number of thioether (sulfide) groups is 1. The van der Waals surface area contributed by atoms with E-state index in [0.717, 1.165) is 18.1 Å². The van der Waals surface area contributed by atoms with Crippen molar-refractivity contribution in [3.63, 3.8) is 0 Å². The minimum atomic E-state index is -0.708. The molecular weight excluding hydrogens is 262 g/mol. The lowest BCUT2D eigenvalue weighted by Crippen LogP contribution is -2.26. The van der Waals surface area contributed by atoms with Gasteiger partial charge in [0.15, 0.2) is 5.82 Å². The van der Waals surface area contributed by atoms with E-state index in [-0.39, 0.29) is 5.92 Å². The summed E-state index contributed by atoms with van der Waals surface area (Å²) in [6, 6.07) is 0. The van der Waals surface area contributed by atoms with Gasteiger partial charge in [0.25, 0.3) is 0 Å². The van der Waals surface area contributed by atoms with E-state index in [4.69, 9.17) is 5.11 Å². The molecule has 1 aromatic heterocycles. The molecule has 19 heavy (non-hydrogen) atoms. The van der Waals surface area contributed by atoms with E-state index in [1.165, 1.54) is 24.3 Å². The number of aryl methyl sites for hydroxylation is 1. The smallest absolute Gasteiger partial charge is 0.307 e. The van der Waals surface area contributed by atoms with Crippen LogP contribution in [0, 0.1) is 11.8 Å². The highest BCUT2D eigenvalue weighted by molar-refractivity contribution is 7.99. The zero-order valence-corrected chi connectivity index (χ0v) is 11.7. The second-order valence-corrected chi connectivity index (χ2v) is 6.68. The summed E-state index contributed by atoms with van der Waals surface area (Å²) in [5.41, 5.74) is 0. The van der Waals surface area contributed by atoms with Crippen LogP contribution in [0.2, 0.25) is 0 Å². The molecule has 1 fully saturated rings. The molecular formula is C13H19N3O2S. The fraction of sp³-hybridized carbons (Fsp3) is 0.769. The van der Waals surface area contributed by atoms with E-state index in [1.54, 1.807) is 0 Å². The topological polar surface area (TPSA) is 68.0 Å². The van der Waals surface area contributed by atoms with E-state index in [0.29, 0.717) is 25.3 Å². The van der Waals surface area contributed by atoms with Gasteiger partial charge in [-0.2, -0.15) is 16.9 Å². The Bertz CT molecular complexity index is 468. The second-order valence-electron chi connectivity index (χ2n) is 5.46. The molecule has 0 spiro atoms. The van der Waals surface area contributed by atoms with Crippen LogP contribution in [0.4, 0.5) is 0 Å². The molecule has 104 valence electrons. The SMILES string of the molecule is O=C(O)C1CCn2nc(CC3CCSCC3)nc2C1. The van der Waals surface area contributed by atoms with Crippen molar-refractivity contribution in [3.8, 4) is 0 Å². The minimum absolute atomic E-state index is 0.282. The maximum Gasteiger partial charge on any atom is 0.307 e. The van der Waals surface area contributed by atoms with Crippen LogP contribution in [0.1, 0.15) is 30.9 Å². The third-order valence-electron chi connectivity index (χ3n) is 4.07. The van der Waals surface area contributed by atoms with Gasteiger partial charge in [0.05, 0.1) is 5.92 Å². The van der Waals surface area contributed by atoms with Gasteiger partial charge >= 0.3 is 5.97 Å². The molecule has 0 radical (unpaired) electrons. The molecule has 2 aliphatic heterocycles. The van der Waals surface area contributed by atoms with Gasteiger partial charge in [-0.15, -0.1) is 0 Å². The van der Waals surface area contributed by atoms with E-state index in [9.17, 15) is 4.79 Å². The van der Waals surface area contributed by atoms with E-state index >= 15 is 0 Å². The largest absolute Gasteiger partial charge is 0.481 e. The second kappa shape index (κ2) is 5.53. The van der Waals surface area contributed by atoms with Crippen molar-refractivity contribution >= 4 is 17.7 Å². The van der Waals surface area contributed by atoms with Gasteiger partial charge in [0.2, 0.25) is 0 Å². The van der Waals surface area contributed by atoms with Crippen molar-refractivity contribution < 1.29 is 9.90 Å². The normalized spacial score (nSPS) is 24.1. The first-order valence-corrected chi connectivity index (χ1v) is 8.11. The number of fused-ring (bicyclic) bond motifs is 1. The van der Waals surface area contributed by atoms with Gasteiger partial charge in [-0.3, -0.25) is 4.79 Å². The number of aromatic nitrogens is 3. The highest BCUT2D eigenvalue weighted by Gasteiger charge is 2.27. The number of hydrogen-bond donors (Lipinski definition) is 1. The highest BCUT2D eigenvalue weighted by atomic mass is 32.2. The molecule has 1 aromatic rings. The van der Waals surface area contributed by atoms with Gasteiger partial charge in [-0.25, -0.2) is 9.67 Å². The summed E-state index contributed by atoms with van der Waals surface area (Å²) in [7, 11) is 0. The molecule has 1 atom stereocenters. The summed E-state index contributed by atoms with van der Waals surface area (Å²) in [5.74, 6) is 3.99. The Hall–Kier alpha value is -1.04. The van der Waals surface area contributed by atoms with Gasteiger partial charge in [0.1, 0.15) is 5.82 Å². The Labute approximate surface area is 116 Å². The number of nitrogens with zero attached hydrogens (tertiary/aromatic N) is 3. The average molecular weight is 281 g/mol. The van der Waals surface area contributed by atoms with Gasteiger partial charge in [-0.05, 0) is 36.7 Å². The van der Waals surface area contributed by atoms with Crippen LogP contribution in [-0.2, 0) is 24.2 Å². The van der Waals surface area contributed by atoms with Crippen molar-refractivity contribution in [2.45, 2.75) is 38.6 Å². The summed E-state index contributed by atoms with van der Waals surface area (Å²) >= 11 is 2.03. The zero-order valence-electron chi connectivity index (χ0n) is 10.9. The van der Waals surface area contributed by atoms with Crippen molar-refractivity contribution in [3.05, 3.63) is 11.6 Å². The Balaban J connectivity index is 1.67. The molecule has 1 unspecified atom stereocenters. The lowest BCUT2D eigenvalue weighted by molar-refractivity contribution is -0.142. The molecule has 3 rings (SSSR count). The van der Waals surface area contributed by atoms with E-state index < -0.39 is 5.97 Å². The van der Waals surface area contributed by atoms with Crippen LogP contribution in [0.5, 0.6) is 0 Å². The fourth-order valence-corrected chi connectivity index (χ4v) is 4.07. The van der Waals surface area contributed by atoms with Gasteiger partial charge in [0, 0.05) is 19.4 Å². The maximum absolute atomic E-state index is 11.0. The molecule has 3 heterocycles. The quantitative estimate of drug-likeness (QED) is 0.911. The molecule has 5 nitrogen and oxygen atoms in total. The molecule has 0 aromatic carbocycles. The molecule has 1 N–H and O–H groups in total. The van der Waals surface area contributed by atoms with Crippen LogP contribution in [0.25, 0.3) is 0 Å². The summed E-state index contributed by atoms with van der Waals surface area (Å²) < 4.78 is 1.91. The predicted octanol–water partition coefficient (Wildman–Crippen LogP) is 1.61. The van der Waals surface area contributed by atoms with Crippen LogP contribution < -0.4 is 0 Å². The van der Waals surface area contributed by atoms with Crippen molar-refractivity contribution in [2.24, 2.45) is 11.8 Å². The zero-order chi connectivity index (χ0) is 13.2. The van der Waals surface area contributed by atoms with Crippen molar-refractivity contribution in [1.29, 1.82) is 0 Å². The first kappa shape index (κ1) is 13.0. The Kier molecular flexibility index (Phi) is 3.77. The summed E-state index contributed by atoms with van der Waals surface area (Å²) in [5, 5.41) is 13.6. The van der Waals surface area contributed by atoms with Gasteiger partial charge < -0.3 is 5.11 Å². The Morgan fingerprint density at radius 1 is 1.37 bits per heavy atom. The van der Waals surface area contributed by atoms with E-state index in [1.807, 2.05) is 16.4 Å². The molecule has 0 amide bonds. The lowest BCUT2D eigenvalue weighted by Gasteiger charge is -2.19. The van der Waals surface area contributed by atoms with Crippen molar-refractivity contribution in [2.75, 3.05) is 11.5 Å². The summed E-state index contributed by atoms with van der Waals surface area (Å²) in [6.07, 6.45) is 4.67. The number of carboxylic acid groups (broad SMARTS) is 1.